The highest BCUT2D eigenvalue weighted by Gasteiger charge is 2.34. The summed E-state index contributed by atoms with van der Waals surface area (Å²) in [6.45, 7) is 9.29. The zero-order valence-corrected chi connectivity index (χ0v) is 40.0. The number of fused-ring (bicyclic) bond motifs is 2. The minimum atomic E-state index is -1.28. The molecule has 6 atom stereocenters. The lowest BCUT2D eigenvalue weighted by Gasteiger charge is -2.34. The van der Waals surface area contributed by atoms with Gasteiger partial charge < -0.3 is 50.7 Å². The molecule has 0 unspecified atom stereocenters. The largest absolute Gasteiger partial charge is 0.465 e. The van der Waals surface area contributed by atoms with E-state index in [4.69, 9.17) is 14.3 Å². The van der Waals surface area contributed by atoms with Gasteiger partial charge in [-0.1, -0.05) is 74.8 Å². The molecule has 19 heteroatoms. The fourth-order valence-electron chi connectivity index (χ4n) is 8.23. The molecule has 2 aliphatic heterocycles. The van der Waals surface area contributed by atoms with Crippen LogP contribution < -0.4 is 26.7 Å². The number of hydrogen-bond donors (Lipinski definition) is 7. The summed E-state index contributed by atoms with van der Waals surface area (Å²) in [5.74, 6) is -2.92. The number of anilines is 1. The number of methoxy groups -OCH3 is 2. The van der Waals surface area contributed by atoms with Gasteiger partial charge in [-0.3, -0.25) is 28.9 Å². The number of unbranched alkanes of at least 4 members (excludes halogenated alkanes) is 3. The third-order valence-electron chi connectivity index (χ3n) is 12.1. The van der Waals surface area contributed by atoms with E-state index in [1.807, 2.05) is 37.3 Å². The average Bonchev–Trinajstić information content (AvgIpc) is 3.31. The van der Waals surface area contributed by atoms with Crippen molar-refractivity contribution in [1.29, 1.82) is 0 Å². The van der Waals surface area contributed by atoms with E-state index < -0.39 is 65.8 Å². The molecule has 0 aromatic heterocycles. The number of hydroxylamine groups is 1. The van der Waals surface area contributed by atoms with Gasteiger partial charge in [-0.15, -0.1) is 0 Å². The number of Topliss-reactive ketones (excluding diaryl/α,β-unsaturated/α-hetero) is 1. The molecule has 372 valence electrons. The Labute approximate surface area is 398 Å². The normalized spacial score (nSPS) is 23.4. The Kier molecular flexibility index (Phi) is 22.1. The second-order valence-electron chi connectivity index (χ2n) is 17.5. The molecule has 3 aliphatic rings. The first-order valence-corrected chi connectivity index (χ1v) is 23.2. The van der Waals surface area contributed by atoms with Crippen LogP contribution in [-0.4, -0.2) is 139 Å². The quantitative estimate of drug-likeness (QED) is 0.0561. The number of amides is 5. The number of hydrogen-bond acceptors (Lipinski definition) is 13. The van der Waals surface area contributed by atoms with Crippen molar-refractivity contribution >= 4 is 47.2 Å². The number of carbonyl (C=O) groups is 7. The zero-order chi connectivity index (χ0) is 49.8. The van der Waals surface area contributed by atoms with Gasteiger partial charge in [0.05, 0.1) is 35.7 Å². The molecule has 4 rings (SSSR count). The number of nitrogens with zero attached hydrogens (tertiary/aromatic N) is 2. The lowest BCUT2D eigenvalue weighted by molar-refractivity contribution is -0.130. The van der Waals surface area contributed by atoms with Crippen LogP contribution in [0.2, 0.25) is 0 Å². The Morgan fingerprint density at radius 1 is 0.897 bits per heavy atom. The number of piperazine rings is 1. The summed E-state index contributed by atoms with van der Waals surface area (Å²) in [6, 6.07) is 8.41. The van der Waals surface area contributed by atoms with Crippen molar-refractivity contribution in [3.63, 3.8) is 0 Å². The molecule has 0 spiro atoms. The highest BCUT2D eigenvalue weighted by atomic mass is 16.7. The SMILES string of the molecule is CO[C@H]1C=CC=C(C)C(=O)NC2=CC(=O)C(NCCN3CCN(C(=O)ONC(=O)CCCCCCC(=O)Nc4ccccc4)CC3)=C(C[C@@H](C)C[C@H](OC)[C@@H](O)[C@@H](C)C=C(C)[C@@H]1NC(=O)O)C2=O. The highest BCUT2D eigenvalue weighted by Crippen LogP contribution is 2.29. The molecule has 68 heavy (non-hydrogen) atoms. The van der Waals surface area contributed by atoms with Crippen molar-refractivity contribution in [1.82, 2.24) is 31.2 Å². The first-order valence-electron chi connectivity index (χ1n) is 23.2. The topological polar surface area (TPSA) is 254 Å². The summed E-state index contributed by atoms with van der Waals surface area (Å²) in [4.78, 5) is 98.8. The van der Waals surface area contributed by atoms with Gasteiger partial charge >= 0.3 is 12.2 Å². The lowest BCUT2D eigenvalue weighted by atomic mass is 9.85. The summed E-state index contributed by atoms with van der Waals surface area (Å²) in [5.41, 5.74) is 3.87. The fraction of sp³-hybridized carbons (Fsp3) is 0.531. The Bertz CT molecular complexity index is 2090. The molecular formula is C49H69N7O12. The summed E-state index contributed by atoms with van der Waals surface area (Å²) in [7, 11) is 2.89. The van der Waals surface area contributed by atoms with Crippen LogP contribution >= 0.6 is 0 Å². The van der Waals surface area contributed by atoms with Gasteiger partial charge in [-0.25, -0.2) is 9.59 Å². The van der Waals surface area contributed by atoms with Crippen molar-refractivity contribution in [2.75, 3.05) is 58.8 Å². The van der Waals surface area contributed by atoms with Gasteiger partial charge in [0, 0.05) is 95.2 Å². The maximum atomic E-state index is 14.1. The summed E-state index contributed by atoms with van der Waals surface area (Å²) >= 11 is 0. The van der Waals surface area contributed by atoms with Crippen molar-refractivity contribution in [3.05, 3.63) is 88.8 Å². The van der Waals surface area contributed by atoms with E-state index >= 15 is 0 Å². The number of rotatable bonds is 15. The fourth-order valence-corrected chi connectivity index (χ4v) is 8.23. The number of aliphatic hydroxyl groups excluding tert-OH is 1. The molecule has 1 aromatic carbocycles. The smallest absolute Gasteiger partial charge is 0.434 e. The predicted molar refractivity (Wildman–Crippen MR) is 253 cm³/mol. The minimum absolute atomic E-state index is 0.0569. The van der Waals surface area contributed by atoms with Crippen LogP contribution in [0.5, 0.6) is 0 Å². The van der Waals surface area contributed by atoms with Crippen LogP contribution in [0.4, 0.5) is 15.3 Å². The van der Waals surface area contributed by atoms with Crippen LogP contribution in [0.15, 0.2) is 88.8 Å². The number of aliphatic hydroxyl groups is 1. The van der Waals surface area contributed by atoms with Crippen LogP contribution in [0.3, 0.4) is 0 Å². The molecular weight excluding hydrogens is 879 g/mol. The maximum absolute atomic E-state index is 14.1. The first kappa shape index (κ1) is 54.5. The molecule has 2 bridgehead atoms. The van der Waals surface area contributed by atoms with Gasteiger partial charge in [-0.2, -0.15) is 5.48 Å². The van der Waals surface area contributed by atoms with E-state index in [0.717, 1.165) is 24.6 Å². The van der Waals surface area contributed by atoms with Crippen LogP contribution in [-0.2, 0) is 38.3 Å². The average molecular weight is 948 g/mol. The van der Waals surface area contributed by atoms with Crippen LogP contribution in [0, 0.1) is 11.8 Å². The van der Waals surface area contributed by atoms with Gasteiger partial charge in [0.1, 0.15) is 0 Å². The molecule has 1 saturated heterocycles. The Balaban J connectivity index is 1.32. The Hall–Kier alpha value is -6.15. The number of allylic oxidation sites excluding steroid dienone is 4. The minimum Gasteiger partial charge on any atom is -0.465 e. The highest BCUT2D eigenvalue weighted by molar-refractivity contribution is 6.23. The number of para-hydroxylation sites is 1. The summed E-state index contributed by atoms with van der Waals surface area (Å²) in [5, 5.41) is 32.2. The van der Waals surface area contributed by atoms with Gasteiger partial charge in [0.15, 0.2) is 0 Å². The third-order valence-corrected chi connectivity index (χ3v) is 12.1. The maximum Gasteiger partial charge on any atom is 0.434 e. The van der Waals surface area contributed by atoms with E-state index in [0.29, 0.717) is 57.6 Å². The molecule has 1 aliphatic carbocycles. The van der Waals surface area contributed by atoms with Crippen molar-refractivity contribution in [2.45, 2.75) is 103 Å². The lowest BCUT2D eigenvalue weighted by Crippen LogP contribution is -2.51. The second-order valence-corrected chi connectivity index (χ2v) is 17.5. The van der Waals surface area contributed by atoms with Crippen LogP contribution in [0.25, 0.3) is 0 Å². The Morgan fingerprint density at radius 2 is 1.57 bits per heavy atom. The van der Waals surface area contributed by atoms with E-state index in [-0.39, 0.29) is 60.2 Å². The molecule has 7 N–H and O–H groups in total. The molecule has 2 heterocycles. The molecule has 1 fully saturated rings. The molecule has 1 aromatic rings. The standard InChI is InChI=1S/C49H69N7O12/c1-31-27-36-44(50-21-22-55-23-25-56(26-24-55)49(65)68-54-42(59)20-13-8-7-12-19-41(58)51-35-16-10-9-11-17-35)38(57)30-37(46(36)61)52-47(62)32(2)15-14-18-39(66-5)43(53-48(63)64)33(3)29-34(4)45(60)40(28-31)67-6/h9-11,14-18,29-31,34,39-40,43,45,50,53,60H,7-8,12-13,19-28H2,1-6H3,(H,51,58)(H,52,62)(H,54,59)(H,63,64)/t31-,34+,39+,40+,43+,45+/m1/s1. The number of carboxylic acid groups (broad SMARTS) is 1. The second kappa shape index (κ2) is 27.6. The molecule has 19 nitrogen and oxygen atoms in total. The number of benzene rings is 1. The number of nitrogens with one attached hydrogen (secondary N) is 5. The number of ether oxygens (including phenoxy) is 2. The van der Waals surface area contributed by atoms with Crippen molar-refractivity contribution < 1.29 is 58.1 Å². The van der Waals surface area contributed by atoms with E-state index in [1.165, 1.54) is 38.2 Å². The van der Waals surface area contributed by atoms with Crippen molar-refractivity contribution in [2.24, 2.45) is 11.8 Å². The molecule has 5 amide bonds. The monoisotopic (exact) mass is 948 g/mol. The van der Waals surface area contributed by atoms with Gasteiger partial charge in [0.2, 0.25) is 17.5 Å². The predicted octanol–water partition coefficient (Wildman–Crippen LogP) is 4.29. The summed E-state index contributed by atoms with van der Waals surface area (Å²) < 4.78 is 11.4. The van der Waals surface area contributed by atoms with Gasteiger partial charge in [0.25, 0.3) is 11.8 Å². The summed E-state index contributed by atoms with van der Waals surface area (Å²) in [6.07, 6.45) is 6.76. The third kappa shape index (κ3) is 17.2. The van der Waals surface area contributed by atoms with E-state index in [9.17, 15) is 43.8 Å². The molecule has 0 radical (unpaired) electrons. The first-order chi connectivity index (χ1) is 32.5. The van der Waals surface area contributed by atoms with Gasteiger partial charge in [-0.05, 0) is 57.6 Å². The zero-order valence-electron chi connectivity index (χ0n) is 40.0. The number of carbonyl (C=O) groups excluding carboxylic acids is 6. The van der Waals surface area contributed by atoms with Crippen LogP contribution in [0.1, 0.15) is 79.1 Å². The molecule has 0 saturated carbocycles. The Morgan fingerprint density at radius 3 is 2.22 bits per heavy atom. The number of ketones is 2. The van der Waals surface area contributed by atoms with E-state index in [1.54, 1.807) is 26.0 Å². The van der Waals surface area contributed by atoms with Crippen molar-refractivity contribution in [3.8, 4) is 0 Å². The van der Waals surface area contributed by atoms with E-state index in [2.05, 4.69) is 31.6 Å².